The maximum atomic E-state index is 4.99. The Morgan fingerprint density at radius 1 is 0.341 bits per heavy atom. The molecule has 0 aliphatic heterocycles. The van der Waals surface area contributed by atoms with Crippen molar-refractivity contribution in [2.45, 2.75) is 154 Å². The molecular weight excluding hydrogens is 1210 g/mol. The molecule has 12 rings (SSSR count). The molecule has 428 valence electrons. The van der Waals surface area contributed by atoms with Gasteiger partial charge in [-0.1, -0.05) is 236 Å². The first-order chi connectivity index (χ1) is 40.5. The molecule has 2 atom stereocenters. The van der Waals surface area contributed by atoms with Crippen LogP contribution in [0.15, 0.2) is 201 Å². The molecule has 2 aliphatic carbocycles. The Labute approximate surface area is 521 Å². The molecular formula is C81H80IrN3. The van der Waals surface area contributed by atoms with Crippen molar-refractivity contribution < 1.29 is 20.1 Å². The molecule has 3 nitrogen and oxygen atoms in total. The van der Waals surface area contributed by atoms with E-state index in [1.807, 2.05) is 18.6 Å². The van der Waals surface area contributed by atoms with E-state index in [0.717, 1.165) is 53.0 Å². The third-order valence-corrected chi connectivity index (χ3v) is 18.4. The van der Waals surface area contributed by atoms with E-state index in [1.165, 1.54) is 116 Å². The molecule has 0 saturated heterocycles. The number of aromatic nitrogens is 3. The van der Waals surface area contributed by atoms with Crippen molar-refractivity contribution in [3.8, 4) is 78.3 Å². The average Bonchev–Trinajstić information content (AvgIpc) is 3.41. The van der Waals surface area contributed by atoms with Gasteiger partial charge in [-0.2, -0.15) is 0 Å². The van der Waals surface area contributed by atoms with Crippen LogP contribution in [-0.2, 0) is 36.4 Å². The Morgan fingerprint density at radius 3 is 1.21 bits per heavy atom. The van der Waals surface area contributed by atoms with E-state index in [2.05, 4.69) is 263 Å². The van der Waals surface area contributed by atoms with E-state index in [4.69, 9.17) is 15.0 Å². The molecule has 2 aliphatic rings. The fourth-order valence-electron chi connectivity index (χ4n) is 13.5. The second-order valence-electron chi connectivity index (χ2n) is 27.2. The second-order valence-corrected chi connectivity index (χ2v) is 27.2. The normalized spacial score (nSPS) is 16.8. The van der Waals surface area contributed by atoms with Gasteiger partial charge in [-0.25, -0.2) is 0 Å². The van der Waals surface area contributed by atoms with Crippen molar-refractivity contribution >= 4 is 0 Å². The molecule has 7 aromatic carbocycles. The summed E-state index contributed by atoms with van der Waals surface area (Å²) in [5.41, 5.74) is 25.3. The standard InChI is InChI=1S/C81H80N3.Ir/c1-79(2,3)65-40-43-82-76(51-65)57-34-30-55(31-35-57)68-24-13-15-26-70(68)62-47-63(71-27-16-14-25-69(71)56-32-36-58(37-33-56)77-52-66(41-44-83-77)80(4,5)6)49-64(48-62)72-28-17-18-29-73(72)74-39-38-61(78-53-67(42-45-84-78)81(7,8)9)50-75(74)60-23-19-22-59(46-60)54-20-11-10-12-21-54;/h13-19,22-34,36,39-46,50-54,62-64H,10-12,20-21,47-49H2,1-9H3;/q-3;+3. The number of rotatable bonds is 11. The van der Waals surface area contributed by atoms with E-state index >= 15 is 0 Å². The fraction of sp³-hybridized carbons (Fsp3) is 0.296. The van der Waals surface area contributed by atoms with E-state index < -0.39 is 0 Å². The number of hydrogen-bond acceptors (Lipinski definition) is 3. The van der Waals surface area contributed by atoms with Crippen molar-refractivity contribution in [3.05, 3.63) is 258 Å². The van der Waals surface area contributed by atoms with Crippen LogP contribution in [-0.4, -0.2) is 15.0 Å². The van der Waals surface area contributed by atoms with Gasteiger partial charge in [0.05, 0.1) is 0 Å². The summed E-state index contributed by atoms with van der Waals surface area (Å²) in [7, 11) is 0. The third-order valence-electron chi connectivity index (χ3n) is 18.4. The molecule has 3 heterocycles. The number of benzene rings is 7. The average molecular weight is 1290 g/mol. The largest absolute Gasteiger partial charge is 3.00 e. The molecule has 2 unspecified atom stereocenters. The predicted molar refractivity (Wildman–Crippen MR) is 351 cm³/mol. The summed E-state index contributed by atoms with van der Waals surface area (Å²) in [4.78, 5) is 14.6. The quantitative estimate of drug-likeness (QED) is 0.121. The zero-order valence-electron chi connectivity index (χ0n) is 51.2. The van der Waals surface area contributed by atoms with E-state index in [1.54, 1.807) is 0 Å². The van der Waals surface area contributed by atoms with Gasteiger partial charge in [0.1, 0.15) is 0 Å². The van der Waals surface area contributed by atoms with Crippen molar-refractivity contribution in [2.24, 2.45) is 0 Å². The van der Waals surface area contributed by atoms with Crippen molar-refractivity contribution in [1.82, 2.24) is 15.0 Å². The molecule has 0 N–H and O–H groups in total. The molecule has 0 radical (unpaired) electrons. The number of hydrogen-bond donors (Lipinski definition) is 0. The summed E-state index contributed by atoms with van der Waals surface area (Å²) >= 11 is 0. The summed E-state index contributed by atoms with van der Waals surface area (Å²) < 4.78 is 0. The molecule has 4 heteroatoms. The number of pyridine rings is 3. The van der Waals surface area contributed by atoms with Gasteiger partial charge < -0.3 is 15.0 Å². The first-order valence-corrected chi connectivity index (χ1v) is 30.9. The van der Waals surface area contributed by atoms with Crippen molar-refractivity contribution in [1.29, 1.82) is 0 Å². The van der Waals surface area contributed by atoms with E-state index in [9.17, 15) is 0 Å². The minimum absolute atomic E-state index is 0. The minimum atomic E-state index is -0.00963. The van der Waals surface area contributed by atoms with Crippen LogP contribution in [0.5, 0.6) is 0 Å². The van der Waals surface area contributed by atoms with Gasteiger partial charge >= 0.3 is 20.1 Å². The van der Waals surface area contributed by atoms with E-state index in [-0.39, 0.29) is 54.1 Å². The first-order valence-electron chi connectivity index (χ1n) is 30.9. The van der Waals surface area contributed by atoms with Crippen molar-refractivity contribution in [2.75, 3.05) is 0 Å². The molecule has 0 amide bonds. The van der Waals surface area contributed by atoms with Crippen LogP contribution >= 0.6 is 0 Å². The zero-order valence-corrected chi connectivity index (χ0v) is 53.6. The van der Waals surface area contributed by atoms with Gasteiger partial charge in [0.15, 0.2) is 0 Å². The summed E-state index contributed by atoms with van der Waals surface area (Å²) in [5.74, 6) is 1.34. The third kappa shape index (κ3) is 13.1. The maximum absolute atomic E-state index is 4.99. The molecule has 2 fully saturated rings. The maximum Gasteiger partial charge on any atom is 3.00 e. The molecule has 0 spiro atoms. The van der Waals surface area contributed by atoms with Crippen LogP contribution in [0.4, 0.5) is 0 Å². The first kappa shape index (κ1) is 59.4. The Bertz CT molecular complexity index is 3790. The Balaban J connectivity index is 0.00000752. The van der Waals surface area contributed by atoms with Crippen LogP contribution in [0.3, 0.4) is 0 Å². The Hall–Kier alpha value is -7.36. The van der Waals surface area contributed by atoms with Crippen LogP contribution in [0, 0.1) is 18.2 Å². The Morgan fingerprint density at radius 2 is 0.765 bits per heavy atom. The van der Waals surface area contributed by atoms with Gasteiger partial charge in [-0.3, -0.25) is 0 Å². The number of nitrogens with zero attached hydrogens (tertiary/aromatic N) is 3. The molecule has 10 aromatic rings. The minimum Gasteiger partial charge on any atom is -0.305 e. The van der Waals surface area contributed by atoms with Crippen LogP contribution in [0.1, 0.15) is 176 Å². The SMILES string of the molecule is CC(C)(C)c1ccnc(-c2[c-]cc(-c3ccccc3C3CC(c4ccccc4-c4c[c-]c(-c5cc(C(C)(C)C)ccn5)cc4)CC(c4ccccc4-c4c[c-]c(-c5cc(C(C)(C)C)ccn5)cc4-c4cccc(C5CCCCC5)c4)C3)cc2)c1.[Ir+3]. The van der Waals surface area contributed by atoms with Gasteiger partial charge in [0.2, 0.25) is 0 Å². The van der Waals surface area contributed by atoms with Gasteiger partial charge in [0.25, 0.3) is 0 Å². The second kappa shape index (κ2) is 24.9. The van der Waals surface area contributed by atoms with Crippen LogP contribution in [0.25, 0.3) is 78.3 Å². The van der Waals surface area contributed by atoms with E-state index in [0.29, 0.717) is 5.92 Å². The van der Waals surface area contributed by atoms with Crippen LogP contribution < -0.4 is 0 Å². The van der Waals surface area contributed by atoms with Gasteiger partial charge in [-0.15, -0.1) is 83.4 Å². The zero-order chi connectivity index (χ0) is 58.2. The van der Waals surface area contributed by atoms with Gasteiger partial charge in [0, 0.05) is 18.6 Å². The smallest absolute Gasteiger partial charge is 0.305 e. The molecule has 3 aromatic heterocycles. The molecule has 2 saturated carbocycles. The summed E-state index contributed by atoms with van der Waals surface area (Å²) in [6.45, 7) is 20.4. The monoisotopic (exact) mass is 1290 g/mol. The summed E-state index contributed by atoms with van der Waals surface area (Å²) in [5, 5.41) is 0. The molecule has 0 bridgehead atoms. The topological polar surface area (TPSA) is 38.7 Å². The molecule has 85 heavy (non-hydrogen) atoms. The predicted octanol–water partition coefficient (Wildman–Crippen LogP) is 21.7. The Kier molecular flexibility index (Phi) is 17.4. The summed E-state index contributed by atoms with van der Waals surface area (Å²) in [6.07, 6.45) is 15.3. The van der Waals surface area contributed by atoms with Crippen molar-refractivity contribution in [3.63, 3.8) is 0 Å². The van der Waals surface area contributed by atoms with Gasteiger partial charge in [-0.05, 0) is 152 Å². The summed E-state index contributed by atoms with van der Waals surface area (Å²) in [6, 6.07) is 79.7. The van der Waals surface area contributed by atoms with Crippen LogP contribution in [0.2, 0.25) is 0 Å². The fourth-order valence-corrected chi connectivity index (χ4v) is 13.5.